The first-order valence-electron chi connectivity index (χ1n) is 6.00. The molecule has 1 aliphatic rings. The minimum Gasteiger partial charge on any atom is -0.379 e. The summed E-state index contributed by atoms with van der Waals surface area (Å²) in [6.07, 6.45) is 4.04. The zero-order valence-electron chi connectivity index (χ0n) is 11.0. The molecule has 1 fully saturated rings. The van der Waals surface area contributed by atoms with Crippen molar-refractivity contribution in [2.24, 2.45) is 0 Å². The minimum absolute atomic E-state index is 0.845. The Kier molecular flexibility index (Phi) is 8.87. The summed E-state index contributed by atoms with van der Waals surface area (Å²) in [4.78, 5) is 2.36. The predicted molar refractivity (Wildman–Crippen MR) is 71.7 cm³/mol. The molecule has 0 N–H and O–H groups in total. The lowest BCUT2D eigenvalue weighted by Gasteiger charge is -2.26. The summed E-state index contributed by atoms with van der Waals surface area (Å²) in [5.74, 6) is 0. The summed E-state index contributed by atoms with van der Waals surface area (Å²) in [6, 6.07) is 0. The molecule has 0 aromatic heterocycles. The van der Waals surface area contributed by atoms with E-state index in [1.54, 1.807) is 0 Å². The highest BCUT2D eigenvalue weighted by Gasteiger charge is 2.09. The SMILES string of the molecule is C=C(C)/C=C\C(=C)CN1CCOCC1.CC. The van der Waals surface area contributed by atoms with Gasteiger partial charge in [0.15, 0.2) is 0 Å². The van der Waals surface area contributed by atoms with Crippen molar-refractivity contribution in [3.63, 3.8) is 0 Å². The highest BCUT2D eigenvalue weighted by Crippen LogP contribution is 2.03. The normalized spacial score (nSPS) is 16.7. The molecule has 0 bridgehead atoms. The smallest absolute Gasteiger partial charge is 0.0594 e. The zero-order chi connectivity index (χ0) is 12.4. The molecule has 1 saturated heterocycles. The van der Waals surface area contributed by atoms with Crippen molar-refractivity contribution in [3.8, 4) is 0 Å². The van der Waals surface area contributed by atoms with Crippen molar-refractivity contribution in [3.05, 3.63) is 36.5 Å². The van der Waals surface area contributed by atoms with Crippen LogP contribution in [0, 0.1) is 0 Å². The number of morpholine rings is 1. The Morgan fingerprint density at radius 2 is 1.75 bits per heavy atom. The molecule has 1 rings (SSSR count). The van der Waals surface area contributed by atoms with Crippen molar-refractivity contribution < 1.29 is 4.74 Å². The molecule has 0 atom stereocenters. The van der Waals surface area contributed by atoms with Crippen LogP contribution in [0.3, 0.4) is 0 Å². The van der Waals surface area contributed by atoms with Gasteiger partial charge < -0.3 is 4.74 Å². The van der Waals surface area contributed by atoms with Gasteiger partial charge in [0.25, 0.3) is 0 Å². The number of ether oxygens (including phenoxy) is 1. The molecule has 1 heterocycles. The lowest BCUT2D eigenvalue weighted by atomic mass is 10.2. The van der Waals surface area contributed by atoms with Gasteiger partial charge >= 0.3 is 0 Å². The molecule has 0 aromatic carbocycles. The lowest BCUT2D eigenvalue weighted by Crippen LogP contribution is -2.37. The van der Waals surface area contributed by atoms with Crippen LogP contribution in [-0.2, 0) is 4.74 Å². The summed E-state index contributed by atoms with van der Waals surface area (Å²) in [5.41, 5.74) is 2.20. The Hall–Kier alpha value is -0.860. The van der Waals surface area contributed by atoms with E-state index < -0.39 is 0 Å². The van der Waals surface area contributed by atoms with Gasteiger partial charge in [0, 0.05) is 19.6 Å². The van der Waals surface area contributed by atoms with Crippen LogP contribution >= 0.6 is 0 Å². The van der Waals surface area contributed by atoms with E-state index in [9.17, 15) is 0 Å². The summed E-state index contributed by atoms with van der Waals surface area (Å²) in [7, 11) is 0. The van der Waals surface area contributed by atoms with E-state index in [1.807, 2.05) is 32.9 Å². The predicted octanol–water partition coefficient (Wildman–Crippen LogP) is 3.03. The van der Waals surface area contributed by atoms with Crippen LogP contribution in [0.25, 0.3) is 0 Å². The van der Waals surface area contributed by atoms with Gasteiger partial charge in [0.05, 0.1) is 13.2 Å². The highest BCUT2D eigenvalue weighted by molar-refractivity contribution is 5.23. The van der Waals surface area contributed by atoms with Gasteiger partial charge in [-0.2, -0.15) is 0 Å². The fourth-order valence-corrected chi connectivity index (χ4v) is 1.36. The maximum atomic E-state index is 5.28. The first-order chi connectivity index (χ1) is 7.68. The van der Waals surface area contributed by atoms with Gasteiger partial charge in [-0.3, -0.25) is 4.90 Å². The summed E-state index contributed by atoms with van der Waals surface area (Å²) >= 11 is 0. The maximum absolute atomic E-state index is 5.28. The number of hydrogen-bond donors (Lipinski definition) is 0. The summed E-state index contributed by atoms with van der Waals surface area (Å²) in [6.45, 7) is 18.5. The van der Waals surface area contributed by atoms with E-state index in [0.717, 1.165) is 44.0 Å². The molecule has 0 radical (unpaired) electrons. The zero-order valence-corrected chi connectivity index (χ0v) is 11.0. The van der Waals surface area contributed by atoms with Gasteiger partial charge in [-0.05, 0) is 12.5 Å². The first-order valence-corrected chi connectivity index (χ1v) is 6.00. The monoisotopic (exact) mass is 223 g/mol. The average Bonchev–Trinajstić information content (AvgIpc) is 2.30. The van der Waals surface area contributed by atoms with Crippen molar-refractivity contribution in [2.75, 3.05) is 32.8 Å². The molecule has 0 spiro atoms. The topological polar surface area (TPSA) is 12.5 Å². The second kappa shape index (κ2) is 9.37. The standard InChI is InChI=1S/C12H19NO.C2H6/c1-11(2)4-5-12(3)10-13-6-8-14-9-7-13;1-2/h4-5H,1,3,6-10H2,2H3;1-2H3/b5-4-;. The molecule has 2 nitrogen and oxygen atoms in total. The third kappa shape index (κ3) is 7.43. The van der Waals surface area contributed by atoms with Gasteiger partial charge in [-0.25, -0.2) is 0 Å². The van der Waals surface area contributed by atoms with Gasteiger partial charge in [0.2, 0.25) is 0 Å². The Balaban J connectivity index is 0.00000106. The third-order valence-corrected chi connectivity index (χ3v) is 2.13. The fourth-order valence-electron chi connectivity index (χ4n) is 1.36. The largest absolute Gasteiger partial charge is 0.379 e. The fraction of sp³-hybridized carbons (Fsp3) is 0.571. The first kappa shape index (κ1) is 15.1. The van der Waals surface area contributed by atoms with Gasteiger partial charge in [-0.15, -0.1) is 0 Å². The lowest BCUT2D eigenvalue weighted by molar-refractivity contribution is 0.0426. The average molecular weight is 223 g/mol. The van der Waals surface area contributed by atoms with E-state index in [4.69, 9.17) is 4.74 Å². The van der Waals surface area contributed by atoms with Crippen LogP contribution in [0.2, 0.25) is 0 Å². The molecule has 0 aliphatic carbocycles. The van der Waals surface area contributed by atoms with E-state index in [0.29, 0.717) is 0 Å². The molecule has 0 amide bonds. The molecule has 16 heavy (non-hydrogen) atoms. The van der Waals surface area contributed by atoms with Gasteiger partial charge in [-0.1, -0.05) is 44.7 Å². The molecule has 2 heteroatoms. The van der Waals surface area contributed by atoms with Crippen molar-refractivity contribution in [2.45, 2.75) is 20.8 Å². The number of nitrogens with zero attached hydrogens (tertiary/aromatic N) is 1. The molecule has 0 aromatic rings. The number of allylic oxidation sites excluding steroid dienone is 2. The van der Waals surface area contributed by atoms with Crippen molar-refractivity contribution in [1.82, 2.24) is 4.90 Å². The van der Waals surface area contributed by atoms with Gasteiger partial charge in [0.1, 0.15) is 0 Å². The molecule has 92 valence electrons. The van der Waals surface area contributed by atoms with E-state index >= 15 is 0 Å². The molecular weight excluding hydrogens is 198 g/mol. The highest BCUT2D eigenvalue weighted by atomic mass is 16.5. The van der Waals surface area contributed by atoms with E-state index in [1.165, 1.54) is 0 Å². The third-order valence-electron chi connectivity index (χ3n) is 2.13. The van der Waals surface area contributed by atoms with Crippen LogP contribution in [-0.4, -0.2) is 37.7 Å². The summed E-state index contributed by atoms with van der Waals surface area (Å²) in [5, 5.41) is 0. The Morgan fingerprint density at radius 1 is 1.19 bits per heavy atom. The van der Waals surface area contributed by atoms with E-state index in [-0.39, 0.29) is 0 Å². The Labute approximate surface area is 100 Å². The quantitative estimate of drug-likeness (QED) is 0.679. The van der Waals surface area contributed by atoms with Crippen LogP contribution in [0.4, 0.5) is 0 Å². The van der Waals surface area contributed by atoms with Crippen LogP contribution < -0.4 is 0 Å². The van der Waals surface area contributed by atoms with E-state index in [2.05, 4.69) is 18.1 Å². The molecular formula is C14H25NO. The second-order valence-corrected chi connectivity index (χ2v) is 3.73. The van der Waals surface area contributed by atoms with Crippen molar-refractivity contribution in [1.29, 1.82) is 0 Å². The minimum atomic E-state index is 0.845. The van der Waals surface area contributed by atoms with Crippen LogP contribution in [0.15, 0.2) is 36.5 Å². The van der Waals surface area contributed by atoms with Crippen molar-refractivity contribution >= 4 is 0 Å². The maximum Gasteiger partial charge on any atom is 0.0594 e. The number of hydrogen-bond acceptors (Lipinski definition) is 2. The molecule has 0 unspecified atom stereocenters. The second-order valence-electron chi connectivity index (χ2n) is 3.73. The molecule has 1 aliphatic heterocycles. The number of rotatable bonds is 4. The Bertz CT molecular complexity index is 237. The Morgan fingerprint density at radius 3 is 2.25 bits per heavy atom. The van der Waals surface area contributed by atoms with Crippen LogP contribution in [0.5, 0.6) is 0 Å². The molecule has 0 saturated carbocycles. The summed E-state index contributed by atoms with van der Waals surface area (Å²) < 4.78 is 5.28. The van der Waals surface area contributed by atoms with Crippen LogP contribution in [0.1, 0.15) is 20.8 Å².